The van der Waals surface area contributed by atoms with Gasteiger partial charge in [0.2, 0.25) is 10.0 Å². The first-order chi connectivity index (χ1) is 16.2. The Balaban J connectivity index is 1.30. The molecule has 1 atom stereocenters. The minimum Gasteiger partial charge on any atom is -0.486 e. The van der Waals surface area contributed by atoms with Crippen LogP contribution in [-0.4, -0.2) is 57.0 Å². The number of piperidine rings is 1. The average molecular weight is 489 g/mol. The Morgan fingerprint density at radius 3 is 2.35 bits per heavy atom. The molecule has 2 aliphatic heterocycles. The van der Waals surface area contributed by atoms with Crippen LogP contribution in [0.4, 0.5) is 5.69 Å². The molecule has 2 aromatic rings. The molecular formula is C24H28N2O7S. The molecule has 0 aromatic heterocycles. The largest absolute Gasteiger partial charge is 0.486 e. The fourth-order valence-corrected chi connectivity index (χ4v) is 5.36. The Kier molecular flexibility index (Phi) is 7.08. The Morgan fingerprint density at radius 1 is 1.03 bits per heavy atom. The van der Waals surface area contributed by atoms with E-state index in [1.165, 1.54) is 23.4 Å². The molecule has 9 nitrogen and oxygen atoms in total. The number of nitrogens with zero attached hydrogens (tertiary/aromatic N) is 1. The smallest absolute Gasteiger partial charge is 0.309 e. The Bertz CT molecular complexity index is 1160. The Labute approximate surface area is 199 Å². The zero-order valence-electron chi connectivity index (χ0n) is 19.2. The summed E-state index contributed by atoms with van der Waals surface area (Å²) in [6.45, 7) is 4.62. The molecule has 1 saturated heterocycles. The van der Waals surface area contributed by atoms with Gasteiger partial charge in [0, 0.05) is 24.8 Å². The fraction of sp³-hybridized carbons (Fsp3) is 0.417. The van der Waals surface area contributed by atoms with E-state index in [1.54, 1.807) is 18.2 Å². The molecule has 0 spiro atoms. The maximum atomic E-state index is 13.1. The number of sulfonamides is 1. The summed E-state index contributed by atoms with van der Waals surface area (Å²) >= 11 is 0. The highest BCUT2D eigenvalue weighted by molar-refractivity contribution is 7.89. The first-order valence-electron chi connectivity index (χ1n) is 11.2. The zero-order chi connectivity index (χ0) is 24.3. The van der Waals surface area contributed by atoms with Crippen molar-refractivity contribution in [2.75, 3.05) is 31.6 Å². The number of ether oxygens (including phenoxy) is 3. The number of carbonyl (C=O) groups is 2. The summed E-state index contributed by atoms with van der Waals surface area (Å²) in [5.74, 6) is -0.462. The standard InChI is InChI=1S/C24H28N2O7S/c1-16-3-5-19(6-4-16)25-23(27)17(2)33-24(28)18-9-11-26(12-10-18)34(29,30)20-7-8-21-22(15-20)32-14-13-31-21/h3-8,15,17-18H,9-14H2,1-2H3,(H,25,27). The minimum absolute atomic E-state index is 0.124. The van der Waals surface area contributed by atoms with E-state index in [2.05, 4.69) is 5.32 Å². The molecule has 34 heavy (non-hydrogen) atoms. The molecule has 1 N–H and O–H groups in total. The van der Waals surface area contributed by atoms with Gasteiger partial charge in [-0.05, 0) is 51.0 Å². The van der Waals surface area contributed by atoms with Crippen molar-refractivity contribution in [2.45, 2.75) is 37.7 Å². The highest BCUT2D eigenvalue weighted by Gasteiger charge is 2.34. The summed E-state index contributed by atoms with van der Waals surface area (Å²) in [6, 6.07) is 11.9. The summed E-state index contributed by atoms with van der Waals surface area (Å²) in [4.78, 5) is 25.1. The monoisotopic (exact) mass is 488 g/mol. The number of hydrogen-bond acceptors (Lipinski definition) is 7. The van der Waals surface area contributed by atoms with Crippen LogP contribution < -0.4 is 14.8 Å². The highest BCUT2D eigenvalue weighted by atomic mass is 32.2. The Morgan fingerprint density at radius 2 is 1.68 bits per heavy atom. The molecule has 0 bridgehead atoms. The maximum Gasteiger partial charge on any atom is 0.309 e. The van der Waals surface area contributed by atoms with Crippen molar-refractivity contribution in [3.05, 3.63) is 48.0 Å². The van der Waals surface area contributed by atoms with Crippen molar-refractivity contribution in [3.8, 4) is 11.5 Å². The number of nitrogens with one attached hydrogen (secondary N) is 1. The SMILES string of the molecule is Cc1ccc(NC(=O)C(C)OC(=O)C2CCN(S(=O)(=O)c3ccc4c(c3)OCCO4)CC2)cc1. The van der Waals surface area contributed by atoms with Crippen LogP contribution >= 0.6 is 0 Å². The third kappa shape index (κ3) is 5.34. The molecule has 0 aliphatic carbocycles. The quantitative estimate of drug-likeness (QED) is 0.623. The minimum atomic E-state index is -3.74. The number of hydrogen-bond donors (Lipinski definition) is 1. The van der Waals surface area contributed by atoms with Crippen molar-refractivity contribution < 1.29 is 32.2 Å². The lowest BCUT2D eigenvalue weighted by Gasteiger charge is -2.30. The van der Waals surface area contributed by atoms with Crippen molar-refractivity contribution in [3.63, 3.8) is 0 Å². The van der Waals surface area contributed by atoms with Gasteiger partial charge in [-0.25, -0.2) is 8.42 Å². The van der Waals surface area contributed by atoms with Gasteiger partial charge in [0.25, 0.3) is 5.91 Å². The van der Waals surface area contributed by atoms with E-state index < -0.39 is 33.9 Å². The Hall–Kier alpha value is -3.11. The summed E-state index contributed by atoms with van der Waals surface area (Å²) in [7, 11) is -3.74. The van der Waals surface area contributed by atoms with Crippen LogP contribution in [-0.2, 0) is 24.3 Å². The summed E-state index contributed by atoms with van der Waals surface area (Å²) < 4.78 is 43.8. The van der Waals surface area contributed by atoms with Gasteiger partial charge in [-0.2, -0.15) is 4.31 Å². The summed E-state index contributed by atoms with van der Waals surface area (Å²) in [5, 5.41) is 2.72. The van der Waals surface area contributed by atoms with Crippen LogP contribution in [0.2, 0.25) is 0 Å². The average Bonchev–Trinajstić information content (AvgIpc) is 2.85. The second-order valence-corrected chi connectivity index (χ2v) is 10.4. The molecule has 0 radical (unpaired) electrons. The van der Waals surface area contributed by atoms with Crippen LogP contribution in [0.15, 0.2) is 47.4 Å². The zero-order valence-corrected chi connectivity index (χ0v) is 20.0. The number of aryl methyl sites for hydroxylation is 1. The molecular weight excluding hydrogens is 460 g/mol. The van der Waals surface area contributed by atoms with Crippen molar-refractivity contribution in [1.29, 1.82) is 0 Å². The van der Waals surface area contributed by atoms with E-state index in [-0.39, 0.29) is 18.0 Å². The molecule has 182 valence electrons. The molecule has 0 saturated carbocycles. The van der Waals surface area contributed by atoms with Crippen molar-refractivity contribution in [2.24, 2.45) is 5.92 Å². The number of benzene rings is 2. The van der Waals surface area contributed by atoms with Gasteiger partial charge in [0.15, 0.2) is 17.6 Å². The van der Waals surface area contributed by atoms with E-state index >= 15 is 0 Å². The molecule has 4 rings (SSSR count). The third-order valence-corrected chi connectivity index (χ3v) is 7.81. The number of carbonyl (C=O) groups excluding carboxylic acids is 2. The van der Waals surface area contributed by atoms with Crippen LogP contribution in [0, 0.1) is 12.8 Å². The van der Waals surface area contributed by atoms with E-state index in [0.717, 1.165) is 5.56 Å². The van der Waals surface area contributed by atoms with E-state index in [9.17, 15) is 18.0 Å². The van der Waals surface area contributed by atoms with Crippen LogP contribution in [0.3, 0.4) is 0 Å². The molecule has 2 heterocycles. The van der Waals surface area contributed by atoms with Gasteiger partial charge in [0.1, 0.15) is 13.2 Å². The molecule has 1 amide bonds. The first-order valence-corrected chi connectivity index (χ1v) is 12.7. The lowest BCUT2D eigenvalue weighted by Crippen LogP contribution is -2.41. The number of esters is 1. The summed E-state index contributed by atoms with van der Waals surface area (Å²) in [6.07, 6.45) is -0.336. The van der Waals surface area contributed by atoms with Gasteiger partial charge in [-0.3, -0.25) is 9.59 Å². The van der Waals surface area contributed by atoms with Gasteiger partial charge >= 0.3 is 5.97 Å². The number of amides is 1. The van der Waals surface area contributed by atoms with Crippen LogP contribution in [0.5, 0.6) is 11.5 Å². The van der Waals surface area contributed by atoms with Gasteiger partial charge in [-0.1, -0.05) is 17.7 Å². The van der Waals surface area contributed by atoms with Crippen molar-refractivity contribution >= 4 is 27.6 Å². The second kappa shape index (κ2) is 10.0. The number of anilines is 1. The molecule has 2 aromatic carbocycles. The molecule has 10 heteroatoms. The van der Waals surface area contributed by atoms with E-state index in [4.69, 9.17) is 14.2 Å². The normalized spacial score (nSPS) is 17.6. The number of fused-ring (bicyclic) bond motifs is 1. The molecule has 2 aliphatic rings. The lowest BCUT2D eigenvalue weighted by atomic mass is 9.98. The van der Waals surface area contributed by atoms with Crippen LogP contribution in [0.25, 0.3) is 0 Å². The van der Waals surface area contributed by atoms with Gasteiger partial charge in [0.05, 0.1) is 10.8 Å². The molecule has 1 fully saturated rings. The summed E-state index contributed by atoms with van der Waals surface area (Å²) in [5.41, 5.74) is 1.69. The predicted octanol–water partition coefficient (Wildman–Crippen LogP) is 2.74. The lowest BCUT2D eigenvalue weighted by molar-refractivity contribution is -0.158. The van der Waals surface area contributed by atoms with Gasteiger partial charge < -0.3 is 19.5 Å². The van der Waals surface area contributed by atoms with Crippen molar-refractivity contribution in [1.82, 2.24) is 4.31 Å². The second-order valence-electron chi connectivity index (χ2n) is 8.42. The fourth-order valence-electron chi connectivity index (χ4n) is 3.87. The van der Waals surface area contributed by atoms with Gasteiger partial charge in [-0.15, -0.1) is 0 Å². The van der Waals surface area contributed by atoms with E-state index in [1.807, 2.05) is 19.1 Å². The highest BCUT2D eigenvalue weighted by Crippen LogP contribution is 2.34. The first kappa shape index (κ1) is 24.0. The third-order valence-electron chi connectivity index (χ3n) is 5.92. The van der Waals surface area contributed by atoms with Crippen LogP contribution in [0.1, 0.15) is 25.3 Å². The predicted molar refractivity (Wildman–Crippen MR) is 124 cm³/mol. The molecule has 1 unspecified atom stereocenters. The number of rotatable bonds is 6. The maximum absolute atomic E-state index is 13.1. The van der Waals surface area contributed by atoms with E-state index in [0.29, 0.717) is 43.2 Å². The topological polar surface area (TPSA) is 111 Å².